The normalized spacial score (nSPS) is 12.3. The van der Waals surface area contributed by atoms with Crippen LogP contribution in [0.15, 0.2) is 48.5 Å². The van der Waals surface area contributed by atoms with Gasteiger partial charge in [0.05, 0.1) is 7.11 Å². The van der Waals surface area contributed by atoms with Crippen molar-refractivity contribution < 1.29 is 14.3 Å². The molecule has 1 atom stereocenters. The van der Waals surface area contributed by atoms with Gasteiger partial charge in [0, 0.05) is 17.0 Å². The van der Waals surface area contributed by atoms with Gasteiger partial charge in [-0.2, -0.15) is 0 Å². The summed E-state index contributed by atoms with van der Waals surface area (Å²) in [5.41, 5.74) is 2.49. The number of carbonyl (C=O) groups is 2. The molecule has 5 heteroatoms. The van der Waals surface area contributed by atoms with Crippen molar-refractivity contribution in [1.29, 1.82) is 0 Å². The molecule has 0 spiro atoms. The highest BCUT2D eigenvalue weighted by Gasteiger charge is 2.23. The average molecular weight is 374 g/mol. The smallest absolute Gasteiger partial charge is 0.328 e. The first kappa shape index (κ1) is 20.0. The zero-order chi connectivity index (χ0) is 19.3. The van der Waals surface area contributed by atoms with Crippen LogP contribution < -0.4 is 5.32 Å². The first-order valence-electron chi connectivity index (χ1n) is 8.44. The second-order valence-corrected chi connectivity index (χ2v) is 7.65. The zero-order valence-electron chi connectivity index (χ0n) is 15.5. The van der Waals surface area contributed by atoms with Gasteiger partial charge in [-0.3, -0.25) is 4.79 Å². The van der Waals surface area contributed by atoms with Crippen LogP contribution in [-0.2, 0) is 21.4 Å². The molecule has 0 saturated carbocycles. The minimum Gasteiger partial charge on any atom is -0.467 e. The molecule has 0 unspecified atom stereocenters. The molecule has 26 heavy (non-hydrogen) atoms. The fourth-order valence-electron chi connectivity index (χ4n) is 2.60. The third kappa shape index (κ3) is 5.33. The third-order valence-corrected chi connectivity index (χ3v) is 4.37. The first-order chi connectivity index (χ1) is 12.2. The van der Waals surface area contributed by atoms with Gasteiger partial charge < -0.3 is 10.1 Å². The number of amides is 1. The summed E-state index contributed by atoms with van der Waals surface area (Å²) in [4.78, 5) is 24.6. The van der Waals surface area contributed by atoms with Crippen molar-refractivity contribution >= 4 is 23.5 Å². The molecule has 1 amide bonds. The molecule has 2 aromatic rings. The summed E-state index contributed by atoms with van der Waals surface area (Å²) in [6, 6.07) is 13.8. The molecular formula is C21H24ClNO3. The van der Waals surface area contributed by atoms with E-state index in [9.17, 15) is 9.59 Å². The fourth-order valence-corrected chi connectivity index (χ4v) is 2.81. The second-order valence-electron chi connectivity index (χ2n) is 7.21. The lowest BCUT2D eigenvalue weighted by Crippen LogP contribution is -2.43. The van der Waals surface area contributed by atoms with E-state index in [1.807, 2.05) is 18.2 Å². The molecule has 1 N–H and O–H groups in total. The number of hydrogen-bond acceptors (Lipinski definition) is 3. The summed E-state index contributed by atoms with van der Waals surface area (Å²) in [5, 5.41) is 3.33. The van der Waals surface area contributed by atoms with E-state index in [0.717, 1.165) is 11.1 Å². The average Bonchev–Trinajstić information content (AvgIpc) is 2.59. The molecule has 4 nitrogen and oxygen atoms in total. The maximum absolute atomic E-state index is 12.5. The number of carbonyl (C=O) groups excluding carboxylic acids is 2. The van der Waals surface area contributed by atoms with Gasteiger partial charge in [-0.05, 0) is 40.8 Å². The Morgan fingerprint density at radius 3 is 2.31 bits per heavy atom. The van der Waals surface area contributed by atoms with Gasteiger partial charge in [-0.25, -0.2) is 4.79 Å². The number of halogens is 1. The topological polar surface area (TPSA) is 55.4 Å². The molecule has 0 aliphatic heterocycles. The molecule has 2 rings (SSSR count). The van der Waals surface area contributed by atoms with Gasteiger partial charge in [-0.15, -0.1) is 0 Å². The van der Waals surface area contributed by atoms with Crippen molar-refractivity contribution in [3.05, 3.63) is 70.2 Å². The molecule has 0 radical (unpaired) electrons. The summed E-state index contributed by atoms with van der Waals surface area (Å²) in [5.74, 6) is -0.812. The number of ether oxygens (including phenoxy) is 1. The highest BCUT2D eigenvalue weighted by Crippen LogP contribution is 2.22. The van der Waals surface area contributed by atoms with Gasteiger partial charge in [0.2, 0.25) is 0 Å². The summed E-state index contributed by atoms with van der Waals surface area (Å²) in [6.45, 7) is 6.33. The van der Waals surface area contributed by atoms with Crippen molar-refractivity contribution in [2.45, 2.75) is 38.6 Å². The van der Waals surface area contributed by atoms with Crippen LogP contribution in [0.2, 0.25) is 5.02 Å². The van der Waals surface area contributed by atoms with Crippen LogP contribution in [0.3, 0.4) is 0 Å². The number of esters is 1. The lowest BCUT2D eigenvalue weighted by Gasteiger charge is -2.20. The van der Waals surface area contributed by atoms with E-state index in [2.05, 4.69) is 26.1 Å². The Labute approximate surface area is 159 Å². The number of benzene rings is 2. The minimum absolute atomic E-state index is 0.0101. The maximum atomic E-state index is 12.5. The Morgan fingerprint density at radius 2 is 1.77 bits per heavy atom. The Balaban J connectivity index is 2.14. The summed E-state index contributed by atoms with van der Waals surface area (Å²) in [7, 11) is 1.30. The second kappa shape index (κ2) is 8.37. The van der Waals surface area contributed by atoms with Gasteiger partial charge in [-0.1, -0.05) is 56.6 Å². The molecule has 2 aromatic carbocycles. The molecule has 138 valence electrons. The fraction of sp³-hybridized carbons (Fsp3) is 0.333. The van der Waals surface area contributed by atoms with Crippen LogP contribution in [0.1, 0.15) is 42.3 Å². The molecule has 0 fully saturated rings. The number of methoxy groups -OCH3 is 1. The van der Waals surface area contributed by atoms with Gasteiger partial charge >= 0.3 is 5.97 Å². The van der Waals surface area contributed by atoms with Crippen LogP contribution in [0.25, 0.3) is 0 Å². The Hall–Kier alpha value is -2.33. The van der Waals surface area contributed by atoms with E-state index >= 15 is 0 Å². The summed E-state index contributed by atoms with van der Waals surface area (Å²) < 4.78 is 4.83. The SMILES string of the molecule is COC(=O)[C@H](Cc1cccc(Cl)c1)NC(=O)c1ccc(C(C)(C)C)cc1. The van der Waals surface area contributed by atoms with Gasteiger partial charge in [0.1, 0.15) is 6.04 Å². The van der Waals surface area contributed by atoms with Gasteiger partial charge in [0.25, 0.3) is 5.91 Å². The number of rotatable bonds is 5. The van der Waals surface area contributed by atoms with E-state index in [-0.39, 0.29) is 11.3 Å². The van der Waals surface area contributed by atoms with E-state index in [4.69, 9.17) is 16.3 Å². The molecule has 0 aliphatic carbocycles. The quantitative estimate of drug-likeness (QED) is 0.801. The zero-order valence-corrected chi connectivity index (χ0v) is 16.3. The molecule has 0 heterocycles. The Kier molecular flexibility index (Phi) is 6.43. The van der Waals surface area contributed by atoms with Crippen molar-refractivity contribution in [2.24, 2.45) is 0 Å². The standard InChI is InChI=1S/C21H24ClNO3/c1-21(2,3)16-10-8-15(9-11-16)19(24)23-18(20(25)26-4)13-14-6-5-7-17(22)12-14/h5-12,18H,13H2,1-4H3,(H,23,24)/t18-/m0/s1. The number of hydrogen-bond donors (Lipinski definition) is 1. The molecule has 0 aromatic heterocycles. The highest BCUT2D eigenvalue weighted by atomic mass is 35.5. The van der Waals surface area contributed by atoms with E-state index in [1.54, 1.807) is 30.3 Å². The first-order valence-corrected chi connectivity index (χ1v) is 8.82. The summed E-state index contributed by atoms with van der Waals surface area (Å²) in [6.07, 6.45) is 0.305. The minimum atomic E-state index is -0.784. The van der Waals surface area contributed by atoms with E-state index < -0.39 is 12.0 Å². The van der Waals surface area contributed by atoms with Crippen LogP contribution in [0.4, 0.5) is 0 Å². The van der Waals surface area contributed by atoms with Crippen LogP contribution in [-0.4, -0.2) is 25.0 Å². The Bertz CT molecular complexity index is 779. The number of nitrogens with one attached hydrogen (secondary N) is 1. The predicted octanol–water partition coefficient (Wildman–Crippen LogP) is 4.15. The van der Waals surface area contributed by atoms with Crippen LogP contribution in [0, 0.1) is 0 Å². The van der Waals surface area contributed by atoms with Crippen molar-refractivity contribution in [1.82, 2.24) is 5.32 Å². The lowest BCUT2D eigenvalue weighted by atomic mass is 9.86. The van der Waals surface area contributed by atoms with Gasteiger partial charge in [0.15, 0.2) is 0 Å². The van der Waals surface area contributed by atoms with E-state index in [1.165, 1.54) is 7.11 Å². The van der Waals surface area contributed by atoms with Crippen molar-refractivity contribution in [3.8, 4) is 0 Å². The molecule has 0 bridgehead atoms. The lowest BCUT2D eigenvalue weighted by molar-refractivity contribution is -0.142. The maximum Gasteiger partial charge on any atom is 0.328 e. The highest BCUT2D eigenvalue weighted by molar-refractivity contribution is 6.30. The summed E-state index contributed by atoms with van der Waals surface area (Å²) >= 11 is 5.99. The van der Waals surface area contributed by atoms with Crippen LogP contribution >= 0.6 is 11.6 Å². The largest absolute Gasteiger partial charge is 0.467 e. The van der Waals surface area contributed by atoms with Crippen LogP contribution in [0.5, 0.6) is 0 Å². The Morgan fingerprint density at radius 1 is 1.12 bits per heavy atom. The molecule has 0 saturated heterocycles. The predicted molar refractivity (Wildman–Crippen MR) is 104 cm³/mol. The third-order valence-electron chi connectivity index (χ3n) is 4.13. The van der Waals surface area contributed by atoms with Crippen molar-refractivity contribution in [3.63, 3.8) is 0 Å². The monoisotopic (exact) mass is 373 g/mol. The molecular weight excluding hydrogens is 350 g/mol. The van der Waals surface area contributed by atoms with Crippen molar-refractivity contribution in [2.75, 3.05) is 7.11 Å². The van der Waals surface area contributed by atoms with E-state index in [0.29, 0.717) is 17.0 Å². The molecule has 0 aliphatic rings.